The lowest BCUT2D eigenvalue weighted by Crippen LogP contribution is -2.03. The zero-order valence-corrected chi connectivity index (χ0v) is 8.78. The van der Waals surface area contributed by atoms with Gasteiger partial charge in [-0.05, 0) is 0 Å². The Bertz CT molecular complexity index is 463. The van der Waals surface area contributed by atoms with Crippen LogP contribution < -0.4 is 16.2 Å². The first kappa shape index (κ1) is 9.66. The molecule has 0 unspecified atom stereocenters. The summed E-state index contributed by atoms with van der Waals surface area (Å²) in [5.74, 6) is 1.45. The number of hydrogen-bond donors (Lipinski definition) is 2. The molecular weight excluding hydrogens is 214 g/mol. The van der Waals surface area contributed by atoms with Gasteiger partial charge in [-0.3, -0.25) is 0 Å². The number of nitrogens with zero attached hydrogens (tertiary/aromatic N) is 3. The minimum Gasteiger partial charge on any atom is -0.496 e. The molecule has 2 aromatic heterocycles. The molecule has 0 aliphatic carbocycles. The molecule has 2 heterocycles. The maximum absolute atomic E-state index is 5.47. The summed E-state index contributed by atoms with van der Waals surface area (Å²) in [7, 11) is 1.60. The molecule has 2 aromatic rings. The molecule has 0 aliphatic rings. The maximum Gasteiger partial charge on any atom is 0.225 e. The molecule has 0 fully saturated rings. The van der Waals surface area contributed by atoms with Gasteiger partial charge in [-0.25, -0.2) is 0 Å². The van der Waals surface area contributed by atoms with E-state index in [1.165, 1.54) is 11.3 Å². The largest absolute Gasteiger partial charge is 0.496 e. The first-order valence-electron chi connectivity index (χ1n) is 4.09. The second kappa shape index (κ2) is 3.70. The van der Waals surface area contributed by atoms with Gasteiger partial charge in [-0.1, -0.05) is 0 Å². The quantitative estimate of drug-likeness (QED) is 0.780. The molecule has 15 heavy (non-hydrogen) atoms. The third kappa shape index (κ3) is 1.96. The highest BCUT2D eigenvalue weighted by Crippen LogP contribution is 2.28. The molecule has 4 N–H and O–H groups in total. The molecule has 0 bridgehead atoms. The summed E-state index contributed by atoms with van der Waals surface area (Å²) in [5, 5.41) is 1.85. The van der Waals surface area contributed by atoms with Crippen LogP contribution in [0.15, 0.2) is 11.4 Å². The van der Waals surface area contributed by atoms with E-state index in [1.54, 1.807) is 7.11 Å². The van der Waals surface area contributed by atoms with Gasteiger partial charge in [-0.15, -0.1) is 11.3 Å². The summed E-state index contributed by atoms with van der Waals surface area (Å²) < 4.78 is 5.05. The highest BCUT2D eigenvalue weighted by atomic mass is 32.1. The third-order valence-electron chi connectivity index (χ3n) is 1.70. The molecule has 0 spiro atoms. The third-order valence-corrected chi connectivity index (χ3v) is 2.61. The number of anilines is 2. The Labute approximate surface area is 89.9 Å². The van der Waals surface area contributed by atoms with Crippen LogP contribution in [0.5, 0.6) is 5.75 Å². The van der Waals surface area contributed by atoms with Gasteiger partial charge in [-0.2, -0.15) is 15.0 Å². The van der Waals surface area contributed by atoms with Crippen molar-refractivity contribution in [3.63, 3.8) is 0 Å². The lowest BCUT2D eigenvalue weighted by Gasteiger charge is -1.98. The number of ether oxygens (including phenoxy) is 1. The topological polar surface area (TPSA) is 99.9 Å². The summed E-state index contributed by atoms with van der Waals surface area (Å²) in [6, 6.07) is 1.82. The van der Waals surface area contributed by atoms with Crippen molar-refractivity contribution in [3.05, 3.63) is 11.4 Å². The van der Waals surface area contributed by atoms with Crippen LogP contribution >= 0.6 is 11.3 Å². The molecule has 0 amide bonds. The Hall–Kier alpha value is -1.89. The summed E-state index contributed by atoms with van der Waals surface area (Å²) in [5.41, 5.74) is 10.9. The minimum absolute atomic E-state index is 0.116. The zero-order chi connectivity index (χ0) is 10.8. The Morgan fingerprint density at radius 2 is 1.87 bits per heavy atom. The second-order valence-electron chi connectivity index (χ2n) is 2.73. The van der Waals surface area contributed by atoms with E-state index in [2.05, 4.69) is 15.0 Å². The van der Waals surface area contributed by atoms with E-state index in [4.69, 9.17) is 16.2 Å². The first-order chi connectivity index (χ1) is 7.19. The van der Waals surface area contributed by atoms with Crippen molar-refractivity contribution >= 4 is 23.2 Å². The first-order valence-corrected chi connectivity index (χ1v) is 4.97. The number of methoxy groups -OCH3 is 1. The standard InChI is InChI=1S/C8H9N5OS/c1-14-4-2-5(15-3-4)6-11-7(9)13-8(10)12-6/h2-3H,1H3,(H4,9,10,11,12,13). The molecule has 0 aromatic carbocycles. The van der Waals surface area contributed by atoms with Crippen LogP contribution in [0.3, 0.4) is 0 Å². The number of rotatable bonds is 2. The van der Waals surface area contributed by atoms with Gasteiger partial charge < -0.3 is 16.2 Å². The van der Waals surface area contributed by atoms with Crippen molar-refractivity contribution in [2.24, 2.45) is 0 Å². The molecular formula is C8H9N5OS. The van der Waals surface area contributed by atoms with E-state index < -0.39 is 0 Å². The highest BCUT2D eigenvalue weighted by molar-refractivity contribution is 7.13. The Morgan fingerprint density at radius 1 is 1.20 bits per heavy atom. The van der Waals surface area contributed by atoms with Gasteiger partial charge in [0.1, 0.15) is 5.75 Å². The fourth-order valence-electron chi connectivity index (χ4n) is 1.06. The molecule has 78 valence electrons. The number of nitrogens with two attached hydrogens (primary N) is 2. The van der Waals surface area contributed by atoms with Gasteiger partial charge in [0.15, 0.2) is 5.82 Å². The lowest BCUT2D eigenvalue weighted by molar-refractivity contribution is 0.417. The molecule has 2 rings (SSSR count). The Morgan fingerprint density at radius 3 is 2.40 bits per heavy atom. The van der Waals surface area contributed by atoms with Crippen molar-refractivity contribution in [3.8, 4) is 16.5 Å². The molecule has 0 aliphatic heterocycles. The van der Waals surface area contributed by atoms with Gasteiger partial charge >= 0.3 is 0 Å². The zero-order valence-electron chi connectivity index (χ0n) is 7.97. The number of aromatic nitrogens is 3. The average molecular weight is 223 g/mol. The fraction of sp³-hybridized carbons (Fsp3) is 0.125. The van der Waals surface area contributed by atoms with E-state index >= 15 is 0 Å². The van der Waals surface area contributed by atoms with Crippen LogP contribution in [0, 0.1) is 0 Å². The normalized spacial score (nSPS) is 10.2. The van der Waals surface area contributed by atoms with Crippen molar-refractivity contribution in [1.82, 2.24) is 15.0 Å². The van der Waals surface area contributed by atoms with Gasteiger partial charge in [0.2, 0.25) is 11.9 Å². The van der Waals surface area contributed by atoms with Crippen molar-refractivity contribution in [1.29, 1.82) is 0 Å². The van der Waals surface area contributed by atoms with Crippen molar-refractivity contribution < 1.29 is 4.74 Å². The van der Waals surface area contributed by atoms with Crippen LogP contribution in [-0.4, -0.2) is 22.1 Å². The predicted octanol–water partition coefficient (Wildman–Crippen LogP) is 0.773. The highest BCUT2D eigenvalue weighted by Gasteiger charge is 2.08. The van der Waals surface area contributed by atoms with E-state index in [9.17, 15) is 0 Å². The maximum atomic E-state index is 5.47. The predicted molar refractivity (Wildman–Crippen MR) is 58.5 cm³/mol. The lowest BCUT2D eigenvalue weighted by atomic mass is 10.4. The van der Waals surface area contributed by atoms with Crippen molar-refractivity contribution in [2.45, 2.75) is 0 Å². The number of thiophene rings is 1. The minimum atomic E-state index is 0.116. The summed E-state index contributed by atoms with van der Waals surface area (Å²) in [6.07, 6.45) is 0. The second-order valence-corrected chi connectivity index (χ2v) is 3.64. The number of hydrogen-bond acceptors (Lipinski definition) is 7. The van der Waals surface area contributed by atoms with Crippen molar-refractivity contribution in [2.75, 3.05) is 18.6 Å². The Balaban J connectivity index is 2.44. The molecule has 0 saturated heterocycles. The van der Waals surface area contributed by atoms with Crippen LogP contribution in [-0.2, 0) is 0 Å². The summed E-state index contributed by atoms with van der Waals surface area (Å²) in [4.78, 5) is 12.5. The van der Waals surface area contributed by atoms with E-state index in [-0.39, 0.29) is 11.9 Å². The average Bonchev–Trinajstić information content (AvgIpc) is 2.64. The fourth-order valence-corrected chi connectivity index (χ4v) is 1.85. The molecule has 6 nitrogen and oxygen atoms in total. The van der Waals surface area contributed by atoms with Gasteiger partial charge in [0.05, 0.1) is 12.0 Å². The van der Waals surface area contributed by atoms with Crippen LogP contribution in [0.1, 0.15) is 0 Å². The van der Waals surface area contributed by atoms with Gasteiger partial charge in [0.25, 0.3) is 0 Å². The molecule has 0 atom stereocenters. The monoisotopic (exact) mass is 223 g/mol. The van der Waals surface area contributed by atoms with Crippen LogP contribution in [0.2, 0.25) is 0 Å². The summed E-state index contributed by atoms with van der Waals surface area (Å²) in [6.45, 7) is 0. The molecule has 0 saturated carbocycles. The van der Waals surface area contributed by atoms with Gasteiger partial charge in [0, 0.05) is 11.4 Å². The van der Waals surface area contributed by atoms with Crippen LogP contribution in [0.25, 0.3) is 10.7 Å². The number of nitrogen functional groups attached to an aromatic ring is 2. The SMILES string of the molecule is COc1csc(-c2nc(N)nc(N)n2)c1. The van der Waals surface area contributed by atoms with E-state index in [1.807, 2.05) is 11.4 Å². The van der Waals surface area contributed by atoms with E-state index in [0.717, 1.165) is 10.6 Å². The Kier molecular flexibility index (Phi) is 2.38. The summed E-state index contributed by atoms with van der Waals surface area (Å²) >= 11 is 1.46. The smallest absolute Gasteiger partial charge is 0.225 e. The van der Waals surface area contributed by atoms with E-state index in [0.29, 0.717) is 5.82 Å². The van der Waals surface area contributed by atoms with Crippen LogP contribution in [0.4, 0.5) is 11.9 Å². The molecule has 7 heteroatoms. The molecule has 0 radical (unpaired) electrons.